The molecule has 2 aromatic rings. The molecule has 1 aromatic heterocycles. The maximum atomic E-state index is 5.87. The van der Waals surface area contributed by atoms with Crippen molar-refractivity contribution < 1.29 is 0 Å². The van der Waals surface area contributed by atoms with Gasteiger partial charge < -0.3 is 10.6 Å². The van der Waals surface area contributed by atoms with E-state index in [1.165, 1.54) is 21.3 Å². The van der Waals surface area contributed by atoms with Gasteiger partial charge in [0.2, 0.25) is 0 Å². The third kappa shape index (κ3) is 2.92. The number of halogens is 1. The van der Waals surface area contributed by atoms with Crippen LogP contribution in [0.2, 0.25) is 0 Å². The number of rotatable bonds is 3. The van der Waals surface area contributed by atoms with Gasteiger partial charge in [-0.1, -0.05) is 6.07 Å². The van der Waals surface area contributed by atoms with Crippen molar-refractivity contribution in [1.29, 1.82) is 0 Å². The van der Waals surface area contributed by atoms with E-state index in [0.717, 1.165) is 25.9 Å². The topological polar surface area (TPSA) is 29.3 Å². The van der Waals surface area contributed by atoms with Crippen molar-refractivity contribution in [2.24, 2.45) is 5.73 Å². The number of anilines is 1. The van der Waals surface area contributed by atoms with E-state index in [1.54, 1.807) is 4.88 Å². The number of fused-ring (bicyclic) bond motifs is 1. The van der Waals surface area contributed by atoms with Crippen molar-refractivity contribution in [3.8, 4) is 0 Å². The first kappa shape index (κ1) is 14.1. The zero-order chi connectivity index (χ0) is 14.1. The fourth-order valence-corrected chi connectivity index (χ4v) is 4.33. The third-order valence-corrected chi connectivity index (χ3v) is 5.38. The fraction of sp³-hybridized carbons (Fsp3) is 0.375. The van der Waals surface area contributed by atoms with Crippen LogP contribution >= 0.6 is 27.3 Å². The van der Waals surface area contributed by atoms with E-state index in [2.05, 4.69) is 50.5 Å². The number of benzene rings is 1. The van der Waals surface area contributed by atoms with E-state index < -0.39 is 0 Å². The first-order chi connectivity index (χ1) is 9.63. The van der Waals surface area contributed by atoms with Crippen LogP contribution in [0.5, 0.6) is 0 Å². The van der Waals surface area contributed by atoms with Gasteiger partial charge in [-0.25, -0.2) is 0 Å². The number of hydrogen-bond acceptors (Lipinski definition) is 3. The minimum Gasteiger partial charge on any atom is -0.366 e. The van der Waals surface area contributed by atoms with Gasteiger partial charge in [0.1, 0.15) is 0 Å². The smallest absolute Gasteiger partial charge is 0.0513 e. The van der Waals surface area contributed by atoms with Crippen LogP contribution < -0.4 is 10.6 Å². The van der Waals surface area contributed by atoms with Crippen molar-refractivity contribution in [2.45, 2.75) is 32.4 Å². The Labute approximate surface area is 132 Å². The molecule has 20 heavy (non-hydrogen) atoms. The SMILES string of the molecule is CC(N)Cc1ccc(N2CCc3sccc3C2)c(Br)c1. The summed E-state index contributed by atoms with van der Waals surface area (Å²) < 4.78 is 1.18. The second-order valence-corrected chi connectivity index (χ2v) is 7.36. The molecule has 0 amide bonds. The normalized spacial score (nSPS) is 16.1. The molecule has 0 radical (unpaired) electrons. The highest BCUT2D eigenvalue weighted by atomic mass is 79.9. The van der Waals surface area contributed by atoms with Crippen LogP contribution in [-0.2, 0) is 19.4 Å². The summed E-state index contributed by atoms with van der Waals surface area (Å²) in [5.41, 5.74) is 9.93. The van der Waals surface area contributed by atoms with E-state index in [-0.39, 0.29) is 6.04 Å². The molecule has 1 atom stereocenters. The Balaban J connectivity index is 1.81. The molecule has 1 aliphatic rings. The molecule has 2 heterocycles. The van der Waals surface area contributed by atoms with Crippen LogP contribution in [0.25, 0.3) is 0 Å². The Hall–Kier alpha value is -0.840. The lowest BCUT2D eigenvalue weighted by atomic mass is 10.1. The van der Waals surface area contributed by atoms with Gasteiger partial charge in [0.05, 0.1) is 5.69 Å². The lowest BCUT2D eigenvalue weighted by Gasteiger charge is -2.30. The summed E-state index contributed by atoms with van der Waals surface area (Å²) in [4.78, 5) is 4.00. The fourth-order valence-electron chi connectivity index (χ4n) is 2.76. The molecule has 0 saturated heterocycles. The zero-order valence-electron chi connectivity index (χ0n) is 11.6. The molecule has 106 valence electrons. The number of nitrogens with zero attached hydrogens (tertiary/aromatic N) is 1. The summed E-state index contributed by atoms with van der Waals surface area (Å²) >= 11 is 5.61. The Kier molecular flexibility index (Phi) is 4.15. The van der Waals surface area contributed by atoms with E-state index >= 15 is 0 Å². The highest BCUT2D eigenvalue weighted by Crippen LogP contribution is 2.33. The highest BCUT2D eigenvalue weighted by Gasteiger charge is 2.19. The molecule has 1 unspecified atom stereocenters. The van der Waals surface area contributed by atoms with Crippen LogP contribution in [0.1, 0.15) is 22.9 Å². The molecule has 3 rings (SSSR count). The van der Waals surface area contributed by atoms with Crippen LogP contribution in [0, 0.1) is 0 Å². The Morgan fingerprint density at radius 2 is 2.25 bits per heavy atom. The number of thiophene rings is 1. The molecule has 2 nitrogen and oxygen atoms in total. The molecular formula is C16H19BrN2S. The molecule has 0 fully saturated rings. The lowest BCUT2D eigenvalue weighted by Crippen LogP contribution is -2.29. The third-order valence-electron chi connectivity index (χ3n) is 3.72. The van der Waals surface area contributed by atoms with Gasteiger partial charge in [0.15, 0.2) is 0 Å². The first-order valence-corrected chi connectivity index (χ1v) is 8.65. The summed E-state index contributed by atoms with van der Waals surface area (Å²) in [6, 6.07) is 9.09. The van der Waals surface area contributed by atoms with Gasteiger partial charge in [-0.05, 0) is 70.4 Å². The minimum absolute atomic E-state index is 0.205. The lowest BCUT2D eigenvalue weighted by molar-refractivity contribution is 0.732. The molecule has 0 spiro atoms. The molecule has 0 bridgehead atoms. The van der Waals surface area contributed by atoms with E-state index in [9.17, 15) is 0 Å². The van der Waals surface area contributed by atoms with Crippen molar-refractivity contribution in [3.05, 3.63) is 50.1 Å². The molecule has 4 heteroatoms. The molecule has 1 aliphatic heterocycles. The van der Waals surface area contributed by atoms with Gasteiger partial charge in [0.25, 0.3) is 0 Å². The maximum absolute atomic E-state index is 5.87. The van der Waals surface area contributed by atoms with Crippen LogP contribution in [0.4, 0.5) is 5.69 Å². The van der Waals surface area contributed by atoms with Crippen LogP contribution in [-0.4, -0.2) is 12.6 Å². The Morgan fingerprint density at radius 1 is 1.40 bits per heavy atom. The minimum atomic E-state index is 0.205. The predicted molar refractivity (Wildman–Crippen MR) is 90.6 cm³/mol. The predicted octanol–water partition coefficient (Wildman–Crippen LogP) is 3.96. The summed E-state index contributed by atoms with van der Waals surface area (Å²) in [5, 5.41) is 2.20. The Bertz CT molecular complexity index is 606. The van der Waals surface area contributed by atoms with E-state index in [4.69, 9.17) is 5.73 Å². The van der Waals surface area contributed by atoms with Gasteiger partial charge in [-0.3, -0.25) is 0 Å². The van der Waals surface area contributed by atoms with Crippen molar-refractivity contribution in [1.82, 2.24) is 0 Å². The standard InChI is InChI=1S/C16H19BrN2S/c1-11(18)8-12-2-3-15(14(17)9-12)19-6-4-16-13(10-19)5-7-20-16/h2-3,5,7,9,11H,4,6,8,10,18H2,1H3. The molecule has 2 N–H and O–H groups in total. The average Bonchev–Trinajstić information content (AvgIpc) is 2.85. The van der Waals surface area contributed by atoms with Gasteiger partial charge in [-0.2, -0.15) is 0 Å². The van der Waals surface area contributed by atoms with Gasteiger partial charge in [-0.15, -0.1) is 11.3 Å². The van der Waals surface area contributed by atoms with Gasteiger partial charge >= 0.3 is 0 Å². The Morgan fingerprint density at radius 3 is 3.00 bits per heavy atom. The van der Waals surface area contributed by atoms with Crippen molar-refractivity contribution >= 4 is 33.0 Å². The van der Waals surface area contributed by atoms with E-state index in [0.29, 0.717) is 0 Å². The number of nitrogens with two attached hydrogens (primary N) is 1. The molecular weight excluding hydrogens is 332 g/mol. The second kappa shape index (κ2) is 5.88. The summed E-state index contributed by atoms with van der Waals surface area (Å²) in [6.07, 6.45) is 2.08. The zero-order valence-corrected chi connectivity index (χ0v) is 14.0. The quantitative estimate of drug-likeness (QED) is 0.907. The number of hydrogen-bond donors (Lipinski definition) is 1. The monoisotopic (exact) mass is 350 g/mol. The van der Waals surface area contributed by atoms with Crippen LogP contribution in [0.15, 0.2) is 34.1 Å². The maximum Gasteiger partial charge on any atom is 0.0513 e. The highest BCUT2D eigenvalue weighted by molar-refractivity contribution is 9.10. The largest absolute Gasteiger partial charge is 0.366 e. The molecule has 0 saturated carbocycles. The molecule has 0 aliphatic carbocycles. The molecule has 1 aromatic carbocycles. The van der Waals surface area contributed by atoms with Gasteiger partial charge in [0, 0.05) is 28.5 Å². The summed E-state index contributed by atoms with van der Waals surface area (Å²) in [7, 11) is 0. The van der Waals surface area contributed by atoms with Crippen molar-refractivity contribution in [2.75, 3.05) is 11.4 Å². The first-order valence-electron chi connectivity index (χ1n) is 6.97. The summed E-state index contributed by atoms with van der Waals surface area (Å²) in [5.74, 6) is 0. The van der Waals surface area contributed by atoms with Crippen molar-refractivity contribution in [3.63, 3.8) is 0 Å². The second-order valence-electron chi connectivity index (χ2n) is 5.51. The average molecular weight is 351 g/mol. The summed E-state index contributed by atoms with van der Waals surface area (Å²) in [6.45, 7) is 4.16. The van der Waals surface area contributed by atoms with E-state index in [1.807, 2.05) is 18.3 Å². The van der Waals surface area contributed by atoms with Crippen LogP contribution in [0.3, 0.4) is 0 Å².